The van der Waals surface area contributed by atoms with Gasteiger partial charge in [-0.05, 0) is 51.5 Å². The fraction of sp³-hybridized carbons (Fsp3) is 0.364. The van der Waals surface area contributed by atoms with Crippen LogP contribution in [0.1, 0.15) is 54.8 Å². The third kappa shape index (κ3) is 6.62. The molecule has 2 aromatic carbocycles. The van der Waals surface area contributed by atoms with E-state index in [0.29, 0.717) is 23.3 Å². The Morgan fingerprint density at radius 1 is 0.852 bits per heavy atom. The Morgan fingerprint density at radius 2 is 1.33 bits per heavy atom. The van der Waals surface area contributed by atoms with E-state index >= 15 is 0 Å². The Kier molecular flexibility index (Phi) is 7.88. The standard InChI is InChI=1S/C11H14O3.C11H14O2/c1-11(2,13)10(12)8-4-6-9(14-3)7-5-8;1-3-11(2,13)10(12)9-7-5-4-6-8-9/h4-7,13H,1-3H3;4-8,13H,3H2,1-2H3. The molecular weight excluding hydrogens is 344 g/mol. The molecule has 0 radical (unpaired) electrons. The van der Waals surface area contributed by atoms with Gasteiger partial charge in [-0.15, -0.1) is 0 Å². The molecule has 0 aliphatic carbocycles. The number of aliphatic hydroxyl groups is 2. The van der Waals surface area contributed by atoms with Gasteiger partial charge in [-0.25, -0.2) is 0 Å². The average Bonchev–Trinajstić information content (AvgIpc) is 2.67. The summed E-state index contributed by atoms with van der Waals surface area (Å²) in [5, 5.41) is 19.2. The van der Waals surface area contributed by atoms with Gasteiger partial charge in [-0.1, -0.05) is 37.3 Å². The van der Waals surface area contributed by atoms with Crippen molar-refractivity contribution in [2.45, 2.75) is 45.3 Å². The van der Waals surface area contributed by atoms with Gasteiger partial charge < -0.3 is 14.9 Å². The normalized spacial score (nSPS) is 13.0. The minimum Gasteiger partial charge on any atom is -0.497 e. The monoisotopic (exact) mass is 372 g/mol. The number of Topliss-reactive ketones (excluding diaryl/α,β-unsaturated/α-hetero) is 2. The second kappa shape index (κ2) is 9.44. The first-order valence-electron chi connectivity index (χ1n) is 8.76. The van der Waals surface area contributed by atoms with Crippen molar-refractivity contribution in [1.82, 2.24) is 0 Å². The Morgan fingerprint density at radius 3 is 1.74 bits per heavy atom. The maximum Gasteiger partial charge on any atom is 0.194 e. The molecule has 0 aliphatic rings. The molecule has 5 nitrogen and oxygen atoms in total. The van der Waals surface area contributed by atoms with Crippen LogP contribution >= 0.6 is 0 Å². The molecule has 0 bridgehead atoms. The van der Waals surface area contributed by atoms with Crippen molar-refractivity contribution in [1.29, 1.82) is 0 Å². The van der Waals surface area contributed by atoms with E-state index in [1.807, 2.05) is 6.07 Å². The third-order valence-corrected chi connectivity index (χ3v) is 4.12. The summed E-state index contributed by atoms with van der Waals surface area (Å²) in [6, 6.07) is 15.5. The number of carbonyl (C=O) groups is 2. The molecule has 0 saturated heterocycles. The second-order valence-corrected chi connectivity index (χ2v) is 6.94. The minimum atomic E-state index is -1.32. The Balaban J connectivity index is 0.000000271. The van der Waals surface area contributed by atoms with E-state index in [4.69, 9.17) is 4.74 Å². The number of hydrogen-bond acceptors (Lipinski definition) is 5. The van der Waals surface area contributed by atoms with Crippen LogP contribution in [0, 0.1) is 0 Å². The molecule has 0 aromatic heterocycles. The molecule has 5 heteroatoms. The lowest BCUT2D eigenvalue weighted by Gasteiger charge is -2.19. The molecule has 2 rings (SSSR count). The lowest BCUT2D eigenvalue weighted by Crippen LogP contribution is -2.34. The van der Waals surface area contributed by atoms with E-state index in [1.54, 1.807) is 69.5 Å². The second-order valence-electron chi connectivity index (χ2n) is 6.94. The first kappa shape index (κ1) is 22.5. The number of benzene rings is 2. The predicted octanol–water partition coefficient (Wildman–Crippen LogP) is 3.68. The van der Waals surface area contributed by atoms with Gasteiger partial charge in [0.1, 0.15) is 17.0 Å². The zero-order valence-corrected chi connectivity index (χ0v) is 16.5. The van der Waals surface area contributed by atoms with E-state index in [9.17, 15) is 19.8 Å². The lowest BCUT2D eigenvalue weighted by atomic mass is 9.92. The highest BCUT2D eigenvalue weighted by molar-refractivity contribution is 6.02. The minimum absolute atomic E-state index is 0.212. The molecule has 0 saturated carbocycles. The van der Waals surface area contributed by atoms with Gasteiger partial charge in [0.25, 0.3) is 0 Å². The Bertz CT molecular complexity index is 741. The van der Waals surface area contributed by atoms with E-state index < -0.39 is 11.2 Å². The van der Waals surface area contributed by atoms with Crippen LogP contribution in [0.25, 0.3) is 0 Å². The molecule has 2 aromatic rings. The molecule has 0 aliphatic heterocycles. The summed E-state index contributed by atoms with van der Waals surface area (Å²) in [6.07, 6.45) is 0.431. The van der Waals surface area contributed by atoms with Gasteiger partial charge >= 0.3 is 0 Å². The summed E-state index contributed by atoms with van der Waals surface area (Å²) >= 11 is 0. The lowest BCUT2D eigenvalue weighted by molar-refractivity contribution is 0.0390. The number of carbonyl (C=O) groups excluding carboxylic acids is 2. The van der Waals surface area contributed by atoms with E-state index in [-0.39, 0.29) is 11.6 Å². The summed E-state index contributed by atoms with van der Waals surface area (Å²) in [5.74, 6) is 0.188. The summed E-state index contributed by atoms with van der Waals surface area (Å²) in [6.45, 7) is 6.28. The predicted molar refractivity (Wildman–Crippen MR) is 105 cm³/mol. The molecule has 1 atom stereocenters. The van der Waals surface area contributed by atoms with E-state index in [2.05, 4.69) is 0 Å². The molecule has 2 N–H and O–H groups in total. The molecule has 146 valence electrons. The SMILES string of the molecule is CCC(C)(O)C(=O)c1ccccc1.COc1ccc(C(=O)C(C)(C)O)cc1. The average molecular weight is 372 g/mol. The largest absolute Gasteiger partial charge is 0.497 e. The van der Waals surface area contributed by atoms with Crippen LogP contribution in [0.15, 0.2) is 54.6 Å². The van der Waals surface area contributed by atoms with Gasteiger partial charge in [0.05, 0.1) is 7.11 Å². The summed E-state index contributed by atoms with van der Waals surface area (Å²) in [4.78, 5) is 23.2. The maximum absolute atomic E-state index is 11.6. The topological polar surface area (TPSA) is 83.8 Å². The fourth-order valence-electron chi connectivity index (χ4n) is 2.16. The Labute approximate surface area is 160 Å². The van der Waals surface area contributed by atoms with Gasteiger partial charge in [-0.2, -0.15) is 0 Å². The molecule has 0 fully saturated rings. The quantitative estimate of drug-likeness (QED) is 0.756. The van der Waals surface area contributed by atoms with E-state index in [1.165, 1.54) is 13.8 Å². The summed E-state index contributed by atoms with van der Waals surface area (Å²) in [7, 11) is 1.56. The first-order chi connectivity index (χ1) is 12.5. The molecular formula is C22H28O5. The number of rotatable bonds is 6. The number of ether oxygens (including phenoxy) is 1. The van der Waals surface area contributed by atoms with Gasteiger partial charge in [0, 0.05) is 11.1 Å². The molecule has 27 heavy (non-hydrogen) atoms. The van der Waals surface area contributed by atoms with Crippen LogP contribution < -0.4 is 4.74 Å². The van der Waals surface area contributed by atoms with Crippen molar-refractivity contribution in [2.24, 2.45) is 0 Å². The van der Waals surface area contributed by atoms with Crippen LogP contribution in [-0.2, 0) is 0 Å². The number of ketones is 2. The number of methoxy groups -OCH3 is 1. The van der Waals surface area contributed by atoms with E-state index in [0.717, 1.165) is 0 Å². The van der Waals surface area contributed by atoms with Crippen molar-refractivity contribution < 1.29 is 24.5 Å². The highest BCUT2D eigenvalue weighted by Crippen LogP contribution is 2.17. The van der Waals surface area contributed by atoms with Crippen molar-refractivity contribution in [3.63, 3.8) is 0 Å². The van der Waals surface area contributed by atoms with Gasteiger partial charge in [0.2, 0.25) is 0 Å². The number of hydrogen-bond donors (Lipinski definition) is 2. The van der Waals surface area contributed by atoms with Crippen molar-refractivity contribution in [3.8, 4) is 5.75 Å². The highest BCUT2D eigenvalue weighted by atomic mass is 16.5. The summed E-state index contributed by atoms with van der Waals surface area (Å²) < 4.78 is 4.96. The molecule has 1 unspecified atom stereocenters. The first-order valence-corrected chi connectivity index (χ1v) is 8.76. The highest BCUT2D eigenvalue weighted by Gasteiger charge is 2.28. The van der Waals surface area contributed by atoms with Crippen molar-refractivity contribution >= 4 is 11.6 Å². The van der Waals surface area contributed by atoms with Crippen LogP contribution in [-0.4, -0.2) is 40.1 Å². The summed E-state index contributed by atoms with van der Waals surface area (Å²) in [5.41, 5.74) is -1.51. The van der Waals surface area contributed by atoms with Crippen molar-refractivity contribution in [2.75, 3.05) is 7.11 Å². The Hall–Kier alpha value is -2.50. The van der Waals surface area contributed by atoms with Gasteiger partial charge in [0.15, 0.2) is 11.6 Å². The van der Waals surface area contributed by atoms with Crippen LogP contribution in [0.2, 0.25) is 0 Å². The fourth-order valence-corrected chi connectivity index (χ4v) is 2.16. The maximum atomic E-state index is 11.6. The third-order valence-electron chi connectivity index (χ3n) is 4.12. The smallest absolute Gasteiger partial charge is 0.194 e. The molecule has 0 heterocycles. The molecule has 0 spiro atoms. The van der Waals surface area contributed by atoms with Crippen LogP contribution in [0.3, 0.4) is 0 Å². The zero-order chi connectivity index (χ0) is 20.7. The van der Waals surface area contributed by atoms with Crippen molar-refractivity contribution in [3.05, 3.63) is 65.7 Å². The van der Waals surface area contributed by atoms with Gasteiger partial charge in [-0.3, -0.25) is 9.59 Å². The van der Waals surface area contributed by atoms with Crippen LogP contribution in [0.4, 0.5) is 0 Å². The van der Waals surface area contributed by atoms with Crippen LogP contribution in [0.5, 0.6) is 5.75 Å². The zero-order valence-electron chi connectivity index (χ0n) is 16.5. The molecule has 0 amide bonds.